The van der Waals surface area contributed by atoms with Gasteiger partial charge >= 0.3 is 5.97 Å². The van der Waals surface area contributed by atoms with Crippen molar-refractivity contribution in [2.45, 2.75) is 6.92 Å². The minimum atomic E-state index is -0.835. The van der Waals surface area contributed by atoms with E-state index in [1.54, 1.807) is 11.8 Å². The summed E-state index contributed by atoms with van der Waals surface area (Å²) in [5, 5.41) is 16.4. The molecule has 0 spiro atoms. The molecule has 1 atom stereocenters. The van der Waals surface area contributed by atoms with Gasteiger partial charge in [-0.25, -0.2) is 0 Å². The monoisotopic (exact) mass is 269 g/mol. The lowest BCUT2D eigenvalue weighted by Gasteiger charge is -2.40. The third kappa shape index (κ3) is 2.43. The molecule has 18 heavy (non-hydrogen) atoms. The average Bonchev–Trinajstić information content (AvgIpc) is 2.27. The molecule has 0 bridgehead atoms. The predicted octanol–water partition coefficient (Wildman–Crippen LogP) is 0.923. The van der Waals surface area contributed by atoms with Crippen LogP contribution in [0, 0.1) is 11.8 Å². The number of halogens is 1. The van der Waals surface area contributed by atoms with Crippen LogP contribution in [-0.4, -0.2) is 45.2 Å². The lowest BCUT2D eigenvalue weighted by atomic mass is 9.87. The van der Waals surface area contributed by atoms with Crippen LogP contribution in [0.2, 0.25) is 5.15 Å². The highest BCUT2D eigenvalue weighted by molar-refractivity contribution is 6.29. The van der Waals surface area contributed by atoms with Crippen LogP contribution in [0.5, 0.6) is 0 Å². The molecular weight excluding hydrogens is 258 g/mol. The first-order valence-corrected chi connectivity index (χ1v) is 5.88. The molecule has 96 valence electrons. The van der Waals surface area contributed by atoms with Crippen LogP contribution in [-0.2, 0) is 4.79 Å². The second kappa shape index (κ2) is 4.89. The van der Waals surface area contributed by atoms with Gasteiger partial charge in [0.15, 0.2) is 10.8 Å². The number of nitrogens with zero attached hydrogens (tertiary/aromatic N) is 3. The number of hydrogen-bond donors (Lipinski definition) is 1. The highest BCUT2D eigenvalue weighted by Gasteiger charge is 2.37. The van der Waals surface area contributed by atoms with Crippen LogP contribution in [0.25, 0.3) is 0 Å². The van der Waals surface area contributed by atoms with Crippen LogP contribution in [0.4, 0.5) is 0 Å². The molecule has 6 nitrogen and oxygen atoms in total. The maximum atomic E-state index is 11.9. The van der Waals surface area contributed by atoms with Gasteiger partial charge in [-0.05, 0) is 12.1 Å². The van der Waals surface area contributed by atoms with Crippen LogP contribution in [0.1, 0.15) is 17.4 Å². The average molecular weight is 270 g/mol. The third-order valence-corrected chi connectivity index (χ3v) is 3.35. The molecule has 1 aromatic heterocycles. The van der Waals surface area contributed by atoms with Crippen molar-refractivity contribution in [3.8, 4) is 0 Å². The van der Waals surface area contributed by atoms with E-state index >= 15 is 0 Å². The number of aromatic nitrogens is 2. The molecule has 2 rings (SSSR count). The number of rotatable bonds is 3. The van der Waals surface area contributed by atoms with Gasteiger partial charge in [0.2, 0.25) is 0 Å². The summed E-state index contributed by atoms with van der Waals surface area (Å²) in [7, 11) is 0. The van der Waals surface area contributed by atoms with E-state index in [1.807, 2.05) is 0 Å². The Morgan fingerprint density at radius 1 is 1.44 bits per heavy atom. The Labute approximate surface area is 109 Å². The predicted molar refractivity (Wildman–Crippen MR) is 63.2 cm³/mol. The molecule has 1 unspecified atom stereocenters. The van der Waals surface area contributed by atoms with Crippen LogP contribution in [0.3, 0.4) is 0 Å². The summed E-state index contributed by atoms with van der Waals surface area (Å²) in [5.41, 5.74) is 0.223. The van der Waals surface area contributed by atoms with Gasteiger partial charge in [-0.2, -0.15) is 0 Å². The third-order valence-electron chi connectivity index (χ3n) is 3.14. The molecule has 7 heteroatoms. The highest BCUT2D eigenvalue weighted by Crippen LogP contribution is 2.25. The van der Waals surface area contributed by atoms with Crippen molar-refractivity contribution in [1.29, 1.82) is 0 Å². The van der Waals surface area contributed by atoms with E-state index in [1.165, 1.54) is 12.1 Å². The first-order chi connectivity index (χ1) is 8.49. The van der Waals surface area contributed by atoms with Crippen molar-refractivity contribution in [1.82, 2.24) is 15.1 Å². The van der Waals surface area contributed by atoms with Crippen LogP contribution < -0.4 is 0 Å². The molecule has 1 aliphatic rings. The highest BCUT2D eigenvalue weighted by atomic mass is 35.5. The molecule has 1 aliphatic heterocycles. The number of carboxylic acid groups (broad SMARTS) is 1. The van der Waals surface area contributed by atoms with Crippen molar-refractivity contribution in [3.05, 3.63) is 23.0 Å². The topological polar surface area (TPSA) is 83.4 Å². The summed E-state index contributed by atoms with van der Waals surface area (Å²) in [5.74, 6) is -1.51. The summed E-state index contributed by atoms with van der Waals surface area (Å²) in [6.07, 6.45) is 0. The Kier molecular flexibility index (Phi) is 3.47. The second-order valence-electron chi connectivity index (χ2n) is 4.34. The minimum Gasteiger partial charge on any atom is -0.481 e. The fourth-order valence-corrected chi connectivity index (χ4v) is 1.89. The molecule has 2 heterocycles. The first-order valence-electron chi connectivity index (χ1n) is 5.50. The van der Waals surface area contributed by atoms with Gasteiger partial charge < -0.3 is 10.0 Å². The van der Waals surface area contributed by atoms with E-state index in [-0.39, 0.29) is 22.7 Å². The van der Waals surface area contributed by atoms with Gasteiger partial charge in [0.1, 0.15) is 0 Å². The van der Waals surface area contributed by atoms with Gasteiger partial charge in [-0.3, -0.25) is 9.59 Å². The molecule has 0 aliphatic carbocycles. The SMILES string of the molecule is CC(C(=O)O)C1CN(C(=O)c2ccc(Cl)nn2)C1. The van der Waals surface area contributed by atoms with Crippen LogP contribution >= 0.6 is 11.6 Å². The van der Waals surface area contributed by atoms with Crippen molar-refractivity contribution in [2.75, 3.05) is 13.1 Å². The summed E-state index contributed by atoms with van der Waals surface area (Å²) in [6.45, 7) is 2.53. The van der Waals surface area contributed by atoms with Gasteiger partial charge in [0.05, 0.1) is 5.92 Å². The quantitative estimate of drug-likeness (QED) is 0.882. The number of carbonyl (C=O) groups excluding carboxylic acids is 1. The molecule has 1 aromatic rings. The Hall–Kier alpha value is -1.69. The minimum absolute atomic E-state index is 0.00621. The maximum Gasteiger partial charge on any atom is 0.306 e. The zero-order chi connectivity index (χ0) is 13.3. The van der Waals surface area contributed by atoms with E-state index in [9.17, 15) is 9.59 Å². The fraction of sp³-hybridized carbons (Fsp3) is 0.455. The Morgan fingerprint density at radius 2 is 2.11 bits per heavy atom. The zero-order valence-corrected chi connectivity index (χ0v) is 10.5. The van der Waals surface area contributed by atoms with Crippen molar-refractivity contribution >= 4 is 23.5 Å². The van der Waals surface area contributed by atoms with Crippen molar-refractivity contribution in [3.63, 3.8) is 0 Å². The number of carbonyl (C=O) groups is 2. The molecule has 0 aromatic carbocycles. The van der Waals surface area contributed by atoms with Gasteiger partial charge in [-0.1, -0.05) is 18.5 Å². The first kappa shape index (κ1) is 12.8. The van der Waals surface area contributed by atoms with Gasteiger partial charge in [0.25, 0.3) is 5.91 Å². The number of amides is 1. The van der Waals surface area contributed by atoms with E-state index < -0.39 is 11.9 Å². The van der Waals surface area contributed by atoms with Crippen molar-refractivity contribution < 1.29 is 14.7 Å². The molecule has 0 radical (unpaired) electrons. The number of carboxylic acids is 1. The summed E-state index contributed by atoms with van der Waals surface area (Å²) in [6, 6.07) is 3.00. The molecule has 1 fully saturated rings. The lowest BCUT2D eigenvalue weighted by Crippen LogP contribution is -2.53. The fourth-order valence-electron chi connectivity index (χ4n) is 1.79. The molecular formula is C11H12ClN3O3. The molecule has 0 saturated carbocycles. The Morgan fingerprint density at radius 3 is 2.61 bits per heavy atom. The smallest absolute Gasteiger partial charge is 0.306 e. The summed E-state index contributed by atoms with van der Waals surface area (Å²) < 4.78 is 0. The van der Waals surface area contributed by atoms with Gasteiger partial charge in [-0.15, -0.1) is 10.2 Å². The largest absolute Gasteiger partial charge is 0.481 e. The van der Waals surface area contributed by atoms with E-state index in [2.05, 4.69) is 10.2 Å². The van der Waals surface area contributed by atoms with E-state index in [0.29, 0.717) is 13.1 Å². The Bertz CT molecular complexity index is 471. The number of likely N-dealkylation sites (tertiary alicyclic amines) is 1. The lowest BCUT2D eigenvalue weighted by molar-refractivity contribution is -0.144. The maximum absolute atomic E-state index is 11.9. The molecule has 1 saturated heterocycles. The molecule has 1 N–H and O–H groups in total. The second-order valence-corrected chi connectivity index (χ2v) is 4.73. The summed E-state index contributed by atoms with van der Waals surface area (Å²) >= 11 is 5.58. The molecule has 1 amide bonds. The van der Waals surface area contributed by atoms with E-state index in [4.69, 9.17) is 16.7 Å². The number of aliphatic carboxylic acids is 1. The van der Waals surface area contributed by atoms with E-state index in [0.717, 1.165) is 0 Å². The summed E-state index contributed by atoms with van der Waals surface area (Å²) in [4.78, 5) is 24.2. The van der Waals surface area contributed by atoms with Gasteiger partial charge in [0, 0.05) is 19.0 Å². The van der Waals surface area contributed by atoms with Crippen LogP contribution in [0.15, 0.2) is 12.1 Å². The number of hydrogen-bond acceptors (Lipinski definition) is 4. The Balaban J connectivity index is 1.94. The standard InChI is InChI=1S/C11H12ClN3O3/c1-6(11(17)18)7-4-15(5-7)10(16)8-2-3-9(12)14-13-8/h2-3,6-7H,4-5H2,1H3,(H,17,18). The normalized spacial score (nSPS) is 17.1. The zero-order valence-electron chi connectivity index (χ0n) is 9.71. The van der Waals surface area contributed by atoms with Crippen molar-refractivity contribution in [2.24, 2.45) is 11.8 Å².